The van der Waals surface area contributed by atoms with Crippen LogP contribution in [0.3, 0.4) is 0 Å². The molecule has 0 radical (unpaired) electrons. The van der Waals surface area contributed by atoms with E-state index in [4.69, 9.17) is 4.74 Å². The fourth-order valence-electron chi connectivity index (χ4n) is 2.81. The number of hydrogen-bond acceptors (Lipinski definition) is 5. The Morgan fingerprint density at radius 1 is 1.06 bits per heavy atom. The molecule has 2 rings (SSSR count). The number of ether oxygens (including phenoxy) is 1. The molecule has 2 aromatic rings. The molecule has 0 fully saturated rings. The highest BCUT2D eigenvalue weighted by Crippen LogP contribution is 2.30. The van der Waals surface area contributed by atoms with Gasteiger partial charge in [-0.2, -0.15) is 13.2 Å². The second-order valence-corrected chi connectivity index (χ2v) is 8.79. The first kappa shape index (κ1) is 25.3. The number of hydrogen-bond donors (Lipinski definition) is 1. The molecular weight excluding hydrogens is 449 g/mol. The van der Waals surface area contributed by atoms with E-state index in [1.165, 1.54) is 4.90 Å². The van der Waals surface area contributed by atoms with Crippen molar-refractivity contribution in [2.24, 2.45) is 0 Å². The van der Waals surface area contributed by atoms with E-state index in [2.05, 4.69) is 0 Å². The van der Waals surface area contributed by atoms with Crippen molar-refractivity contribution in [1.29, 1.82) is 0 Å². The lowest BCUT2D eigenvalue weighted by atomic mass is 10.2. The number of benzene rings is 2. The van der Waals surface area contributed by atoms with Gasteiger partial charge in [0.1, 0.15) is 0 Å². The van der Waals surface area contributed by atoms with E-state index in [0.717, 1.165) is 18.2 Å². The van der Waals surface area contributed by atoms with Gasteiger partial charge in [-0.3, -0.25) is 9.59 Å². The number of carbonyl (C=O) groups excluding carboxylic acids is 2. The average molecular weight is 472 g/mol. The molecule has 0 saturated carbocycles. The molecule has 174 valence electrons. The molecule has 2 aromatic carbocycles. The number of sulfonamides is 1. The number of halogens is 3. The SMILES string of the molecule is CC(C)N(C(=O)COC(=O)CCNS(=O)(=O)c1cccc(C(F)(F)F)c1)c1ccccc1. The smallest absolute Gasteiger partial charge is 0.416 e. The van der Waals surface area contributed by atoms with Crippen molar-refractivity contribution in [3.8, 4) is 0 Å². The number of anilines is 1. The van der Waals surface area contributed by atoms with E-state index in [-0.39, 0.29) is 6.04 Å². The van der Waals surface area contributed by atoms with Crippen molar-refractivity contribution < 1.29 is 35.9 Å². The van der Waals surface area contributed by atoms with Crippen molar-refractivity contribution in [1.82, 2.24) is 4.72 Å². The van der Waals surface area contributed by atoms with Gasteiger partial charge in [-0.1, -0.05) is 24.3 Å². The lowest BCUT2D eigenvalue weighted by Gasteiger charge is -2.26. The summed E-state index contributed by atoms with van der Waals surface area (Å²) in [4.78, 5) is 25.3. The van der Waals surface area contributed by atoms with Crippen LogP contribution in [0.25, 0.3) is 0 Å². The third-order valence-electron chi connectivity index (χ3n) is 4.27. The molecule has 1 amide bonds. The Hall–Kier alpha value is -2.92. The van der Waals surface area contributed by atoms with Gasteiger partial charge in [0.15, 0.2) is 6.61 Å². The van der Waals surface area contributed by atoms with Gasteiger partial charge in [0.25, 0.3) is 5.91 Å². The minimum atomic E-state index is -4.69. The number of carbonyl (C=O) groups is 2. The fourth-order valence-corrected chi connectivity index (χ4v) is 3.89. The molecule has 0 bridgehead atoms. The molecule has 0 spiro atoms. The first-order valence-corrected chi connectivity index (χ1v) is 11.1. The summed E-state index contributed by atoms with van der Waals surface area (Å²) in [5, 5.41) is 0. The quantitative estimate of drug-likeness (QED) is 0.565. The van der Waals surface area contributed by atoms with Crippen LogP contribution in [0.2, 0.25) is 0 Å². The Labute approximate surface area is 184 Å². The number of nitrogens with one attached hydrogen (secondary N) is 1. The lowest BCUT2D eigenvalue weighted by Crippen LogP contribution is -2.40. The summed E-state index contributed by atoms with van der Waals surface area (Å²) in [6.45, 7) is 2.66. The number of amides is 1. The number of alkyl halides is 3. The third kappa shape index (κ3) is 7.06. The van der Waals surface area contributed by atoms with E-state index in [9.17, 15) is 31.2 Å². The van der Waals surface area contributed by atoms with Crippen molar-refractivity contribution in [2.45, 2.75) is 37.4 Å². The number of rotatable bonds is 9. The predicted octanol–water partition coefficient (Wildman–Crippen LogP) is 3.36. The molecule has 0 aromatic heterocycles. The average Bonchev–Trinajstić information content (AvgIpc) is 2.72. The Bertz CT molecular complexity index is 1040. The first-order valence-electron chi connectivity index (χ1n) is 9.61. The number of esters is 1. The molecule has 0 atom stereocenters. The standard InChI is InChI=1S/C21H23F3N2O5S/c1-15(2)26(17-8-4-3-5-9-17)19(27)14-31-20(28)11-12-25-32(29,30)18-10-6-7-16(13-18)21(22,23)24/h3-10,13,15,25H,11-12,14H2,1-2H3. The summed E-state index contributed by atoms with van der Waals surface area (Å²) in [5.41, 5.74) is -0.469. The van der Waals surface area contributed by atoms with Crippen LogP contribution in [0.5, 0.6) is 0 Å². The van der Waals surface area contributed by atoms with Crippen LogP contribution in [0.1, 0.15) is 25.8 Å². The van der Waals surface area contributed by atoms with E-state index >= 15 is 0 Å². The maximum absolute atomic E-state index is 12.8. The Morgan fingerprint density at radius 2 is 1.72 bits per heavy atom. The Morgan fingerprint density at radius 3 is 2.31 bits per heavy atom. The van der Waals surface area contributed by atoms with Crippen molar-refractivity contribution >= 4 is 27.6 Å². The summed E-state index contributed by atoms with van der Waals surface area (Å²) < 4.78 is 69.7. The van der Waals surface area contributed by atoms with Crippen LogP contribution in [-0.2, 0) is 30.5 Å². The summed E-state index contributed by atoms with van der Waals surface area (Å²) in [5.74, 6) is -1.29. The molecule has 11 heteroatoms. The normalized spacial score (nSPS) is 11.9. The molecule has 1 N–H and O–H groups in total. The fraction of sp³-hybridized carbons (Fsp3) is 0.333. The van der Waals surface area contributed by atoms with E-state index in [1.54, 1.807) is 44.2 Å². The molecule has 0 saturated heterocycles. The van der Waals surface area contributed by atoms with Crippen LogP contribution in [0.4, 0.5) is 18.9 Å². The second-order valence-electron chi connectivity index (χ2n) is 7.03. The van der Waals surface area contributed by atoms with Crippen LogP contribution in [0, 0.1) is 0 Å². The Kier molecular flexibility index (Phi) is 8.39. The molecular formula is C21H23F3N2O5S. The van der Waals surface area contributed by atoms with Crippen molar-refractivity contribution in [2.75, 3.05) is 18.1 Å². The van der Waals surface area contributed by atoms with Gasteiger partial charge in [-0.15, -0.1) is 0 Å². The van der Waals surface area contributed by atoms with Gasteiger partial charge in [0.2, 0.25) is 10.0 Å². The van der Waals surface area contributed by atoms with Crippen molar-refractivity contribution in [3.63, 3.8) is 0 Å². The molecule has 0 aliphatic heterocycles. The van der Waals surface area contributed by atoms with Gasteiger partial charge in [0.05, 0.1) is 16.9 Å². The highest BCUT2D eigenvalue weighted by atomic mass is 32.2. The molecule has 0 aliphatic carbocycles. The maximum atomic E-state index is 12.8. The molecule has 0 aliphatic rings. The minimum Gasteiger partial charge on any atom is -0.456 e. The van der Waals surface area contributed by atoms with Gasteiger partial charge in [0, 0.05) is 18.3 Å². The van der Waals surface area contributed by atoms with Crippen LogP contribution < -0.4 is 9.62 Å². The van der Waals surface area contributed by atoms with Gasteiger partial charge in [-0.05, 0) is 44.2 Å². The molecule has 7 nitrogen and oxygen atoms in total. The zero-order chi connectivity index (χ0) is 23.9. The largest absolute Gasteiger partial charge is 0.456 e. The Balaban J connectivity index is 1.88. The maximum Gasteiger partial charge on any atom is 0.416 e. The summed E-state index contributed by atoms with van der Waals surface area (Å²) in [6.07, 6.45) is -5.09. The van der Waals surface area contributed by atoms with Crippen LogP contribution >= 0.6 is 0 Å². The van der Waals surface area contributed by atoms with E-state index in [0.29, 0.717) is 11.8 Å². The van der Waals surface area contributed by atoms with Gasteiger partial charge >= 0.3 is 12.1 Å². The monoisotopic (exact) mass is 472 g/mol. The van der Waals surface area contributed by atoms with Crippen molar-refractivity contribution in [3.05, 3.63) is 60.2 Å². The highest BCUT2D eigenvalue weighted by molar-refractivity contribution is 7.89. The zero-order valence-corrected chi connectivity index (χ0v) is 18.2. The first-order chi connectivity index (χ1) is 14.9. The number of para-hydroxylation sites is 1. The lowest BCUT2D eigenvalue weighted by molar-refractivity contribution is -0.147. The second kappa shape index (κ2) is 10.6. The molecule has 0 heterocycles. The summed E-state index contributed by atoms with van der Waals surface area (Å²) >= 11 is 0. The molecule has 32 heavy (non-hydrogen) atoms. The predicted molar refractivity (Wildman–Crippen MR) is 111 cm³/mol. The highest BCUT2D eigenvalue weighted by Gasteiger charge is 2.31. The summed E-state index contributed by atoms with van der Waals surface area (Å²) in [6, 6.07) is 11.9. The van der Waals surface area contributed by atoms with Gasteiger partial charge < -0.3 is 9.64 Å². The third-order valence-corrected chi connectivity index (χ3v) is 5.73. The van der Waals surface area contributed by atoms with E-state index in [1.807, 2.05) is 4.72 Å². The van der Waals surface area contributed by atoms with Gasteiger partial charge in [-0.25, -0.2) is 13.1 Å². The minimum absolute atomic E-state index is 0.192. The zero-order valence-electron chi connectivity index (χ0n) is 17.4. The summed E-state index contributed by atoms with van der Waals surface area (Å²) in [7, 11) is -4.26. The topological polar surface area (TPSA) is 92.8 Å². The van der Waals surface area contributed by atoms with E-state index < -0.39 is 58.1 Å². The van der Waals surface area contributed by atoms with Crippen LogP contribution in [-0.4, -0.2) is 39.5 Å². The number of nitrogens with zero attached hydrogens (tertiary/aromatic N) is 1. The molecule has 0 unspecified atom stereocenters. The van der Waals surface area contributed by atoms with Crippen LogP contribution in [0.15, 0.2) is 59.5 Å².